The summed E-state index contributed by atoms with van der Waals surface area (Å²) < 4.78 is 0. The Morgan fingerprint density at radius 3 is 2.50 bits per heavy atom. The van der Waals surface area contributed by atoms with Crippen molar-refractivity contribution in [2.75, 3.05) is 0 Å². The summed E-state index contributed by atoms with van der Waals surface area (Å²) in [5.41, 5.74) is 1.05. The van der Waals surface area contributed by atoms with Crippen molar-refractivity contribution in [2.24, 2.45) is 5.92 Å². The van der Waals surface area contributed by atoms with Crippen molar-refractivity contribution in [3.05, 3.63) is 57.8 Å². The molecule has 2 aliphatic carbocycles. The van der Waals surface area contributed by atoms with Gasteiger partial charge in [0.1, 0.15) is 6.04 Å². The molecule has 136 valence electrons. The van der Waals surface area contributed by atoms with Gasteiger partial charge in [-0.1, -0.05) is 30.3 Å². The van der Waals surface area contributed by atoms with Gasteiger partial charge >= 0.3 is 0 Å². The summed E-state index contributed by atoms with van der Waals surface area (Å²) in [4.78, 5) is 27.2. The molecular formula is C21H24N2O2S. The Morgan fingerprint density at radius 2 is 1.81 bits per heavy atom. The third-order valence-corrected chi connectivity index (χ3v) is 6.01. The molecule has 1 aromatic heterocycles. The summed E-state index contributed by atoms with van der Waals surface area (Å²) in [6, 6.07) is 13.5. The molecule has 0 bridgehead atoms. The van der Waals surface area contributed by atoms with Gasteiger partial charge in [0, 0.05) is 17.3 Å². The third-order valence-electron chi connectivity index (χ3n) is 4.90. The molecule has 26 heavy (non-hydrogen) atoms. The van der Waals surface area contributed by atoms with Crippen LogP contribution in [0.2, 0.25) is 0 Å². The van der Waals surface area contributed by atoms with Crippen molar-refractivity contribution >= 4 is 23.2 Å². The van der Waals surface area contributed by atoms with E-state index in [4.69, 9.17) is 0 Å². The zero-order valence-electron chi connectivity index (χ0n) is 14.7. The van der Waals surface area contributed by atoms with Crippen molar-refractivity contribution in [1.82, 2.24) is 10.6 Å². The Morgan fingerprint density at radius 1 is 1.04 bits per heavy atom. The maximum atomic E-state index is 12.7. The second-order valence-corrected chi connectivity index (χ2v) is 8.58. The number of rotatable bonds is 8. The zero-order valence-corrected chi connectivity index (χ0v) is 15.6. The van der Waals surface area contributed by atoms with Gasteiger partial charge in [0.2, 0.25) is 5.91 Å². The van der Waals surface area contributed by atoms with Crippen LogP contribution in [-0.2, 0) is 17.6 Å². The second kappa shape index (κ2) is 7.62. The molecule has 0 spiro atoms. The molecule has 0 aliphatic heterocycles. The molecule has 5 heteroatoms. The number of hydrogen-bond donors (Lipinski definition) is 2. The van der Waals surface area contributed by atoms with Gasteiger partial charge in [-0.2, -0.15) is 0 Å². The van der Waals surface area contributed by atoms with Crippen molar-refractivity contribution in [2.45, 2.75) is 50.6 Å². The molecule has 2 fully saturated rings. The molecule has 2 aliphatic rings. The first-order valence-corrected chi connectivity index (χ1v) is 10.2. The SMILES string of the molecule is O=C(NC(Cc1ccccc1)C(=O)NC1CC1)c1ccc(CC2CC2)s1. The Labute approximate surface area is 158 Å². The number of hydrogen-bond acceptors (Lipinski definition) is 3. The lowest BCUT2D eigenvalue weighted by Crippen LogP contribution is -2.48. The Balaban J connectivity index is 1.42. The van der Waals surface area contributed by atoms with Crippen LogP contribution in [0.15, 0.2) is 42.5 Å². The van der Waals surface area contributed by atoms with Gasteiger partial charge in [-0.05, 0) is 55.7 Å². The maximum Gasteiger partial charge on any atom is 0.262 e. The predicted octanol–water partition coefficient (Wildman–Crippen LogP) is 3.32. The van der Waals surface area contributed by atoms with E-state index in [1.165, 1.54) is 17.7 Å². The fourth-order valence-corrected chi connectivity index (χ4v) is 4.06. The standard InChI is InChI=1S/C21H24N2O2S/c24-20(22-16-8-9-16)18(13-14-4-2-1-3-5-14)23-21(25)19-11-10-17(26-19)12-15-6-7-15/h1-5,10-11,15-16,18H,6-9,12-13H2,(H,22,24)(H,23,25). The van der Waals surface area contributed by atoms with Crippen LogP contribution in [-0.4, -0.2) is 23.9 Å². The predicted molar refractivity (Wildman–Crippen MR) is 103 cm³/mol. The Bertz CT molecular complexity index is 778. The second-order valence-electron chi connectivity index (χ2n) is 7.41. The van der Waals surface area contributed by atoms with E-state index in [0.29, 0.717) is 11.3 Å². The summed E-state index contributed by atoms with van der Waals surface area (Å²) in [7, 11) is 0. The highest BCUT2D eigenvalue weighted by Crippen LogP contribution is 2.34. The number of amides is 2. The average molecular weight is 369 g/mol. The van der Waals surface area contributed by atoms with Crippen molar-refractivity contribution in [3.63, 3.8) is 0 Å². The van der Waals surface area contributed by atoms with Crippen molar-refractivity contribution in [3.8, 4) is 0 Å². The normalized spacial score (nSPS) is 17.5. The molecule has 4 nitrogen and oxygen atoms in total. The van der Waals surface area contributed by atoms with Gasteiger partial charge in [-0.25, -0.2) is 0 Å². The van der Waals surface area contributed by atoms with E-state index in [1.54, 1.807) is 11.3 Å². The molecule has 1 atom stereocenters. The van der Waals surface area contributed by atoms with E-state index < -0.39 is 6.04 Å². The lowest BCUT2D eigenvalue weighted by atomic mass is 10.1. The van der Waals surface area contributed by atoms with E-state index in [9.17, 15) is 9.59 Å². The van der Waals surface area contributed by atoms with Crippen LogP contribution in [0.4, 0.5) is 0 Å². The Hall–Kier alpha value is -2.14. The van der Waals surface area contributed by atoms with E-state index >= 15 is 0 Å². The highest BCUT2D eigenvalue weighted by atomic mass is 32.1. The highest BCUT2D eigenvalue weighted by molar-refractivity contribution is 7.14. The van der Waals surface area contributed by atoms with Gasteiger partial charge in [0.25, 0.3) is 5.91 Å². The topological polar surface area (TPSA) is 58.2 Å². The number of nitrogens with one attached hydrogen (secondary N) is 2. The number of carbonyl (C=O) groups excluding carboxylic acids is 2. The van der Waals surface area contributed by atoms with Crippen LogP contribution in [0.3, 0.4) is 0 Å². The summed E-state index contributed by atoms with van der Waals surface area (Å²) in [6.45, 7) is 0. The smallest absolute Gasteiger partial charge is 0.262 e. The molecular weight excluding hydrogens is 344 g/mol. The molecule has 2 saturated carbocycles. The van der Waals surface area contributed by atoms with Crippen LogP contribution < -0.4 is 10.6 Å². The van der Waals surface area contributed by atoms with Crippen LogP contribution in [0.25, 0.3) is 0 Å². The minimum atomic E-state index is -0.542. The van der Waals surface area contributed by atoms with Gasteiger partial charge in [-0.15, -0.1) is 11.3 Å². The lowest BCUT2D eigenvalue weighted by molar-refractivity contribution is -0.123. The molecule has 2 aromatic rings. The van der Waals surface area contributed by atoms with Gasteiger partial charge in [-0.3, -0.25) is 9.59 Å². The Kier molecular flexibility index (Phi) is 5.07. The summed E-state index contributed by atoms with van der Waals surface area (Å²) in [5.74, 6) is 0.572. The third kappa shape index (κ3) is 4.73. The molecule has 2 amide bonds. The van der Waals surface area contributed by atoms with Crippen LogP contribution in [0.5, 0.6) is 0 Å². The minimum absolute atomic E-state index is 0.0838. The molecule has 4 rings (SSSR count). The molecule has 2 N–H and O–H groups in total. The number of benzene rings is 1. The van der Waals surface area contributed by atoms with Gasteiger partial charge < -0.3 is 10.6 Å². The summed E-state index contributed by atoms with van der Waals surface area (Å²) in [5, 5.41) is 5.98. The summed E-state index contributed by atoms with van der Waals surface area (Å²) in [6.07, 6.45) is 6.26. The first-order chi connectivity index (χ1) is 12.7. The number of carbonyl (C=O) groups is 2. The monoisotopic (exact) mass is 368 g/mol. The van der Waals surface area contributed by atoms with Crippen molar-refractivity contribution < 1.29 is 9.59 Å². The van der Waals surface area contributed by atoms with E-state index in [-0.39, 0.29) is 17.9 Å². The lowest BCUT2D eigenvalue weighted by Gasteiger charge is -2.18. The summed E-state index contributed by atoms with van der Waals surface area (Å²) >= 11 is 1.55. The van der Waals surface area contributed by atoms with E-state index in [0.717, 1.165) is 30.7 Å². The first-order valence-electron chi connectivity index (χ1n) is 9.41. The van der Waals surface area contributed by atoms with E-state index in [2.05, 4.69) is 10.6 Å². The largest absolute Gasteiger partial charge is 0.352 e. The van der Waals surface area contributed by atoms with Crippen LogP contribution >= 0.6 is 11.3 Å². The number of thiophene rings is 1. The van der Waals surface area contributed by atoms with Gasteiger partial charge in [0.05, 0.1) is 4.88 Å². The first kappa shape index (κ1) is 17.3. The molecule has 1 heterocycles. The van der Waals surface area contributed by atoms with Crippen LogP contribution in [0, 0.1) is 5.92 Å². The highest BCUT2D eigenvalue weighted by Gasteiger charge is 2.29. The fourth-order valence-electron chi connectivity index (χ4n) is 3.03. The van der Waals surface area contributed by atoms with E-state index in [1.807, 2.05) is 42.5 Å². The fraction of sp³-hybridized carbons (Fsp3) is 0.429. The average Bonchev–Trinajstić information content (AvgIpc) is 3.56. The molecule has 1 unspecified atom stereocenters. The zero-order chi connectivity index (χ0) is 17.9. The quantitative estimate of drug-likeness (QED) is 0.751. The molecule has 0 radical (unpaired) electrons. The molecule has 1 aromatic carbocycles. The minimum Gasteiger partial charge on any atom is -0.352 e. The maximum absolute atomic E-state index is 12.7. The van der Waals surface area contributed by atoms with Crippen LogP contribution in [0.1, 0.15) is 45.8 Å². The van der Waals surface area contributed by atoms with Crippen molar-refractivity contribution in [1.29, 1.82) is 0 Å². The van der Waals surface area contributed by atoms with Gasteiger partial charge in [0.15, 0.2) is 0 Å². The molecule has 0 saturated heterocycles.